The van der Waals surface area contributed by atoms with Crippen LogP contribution in [0.4, 0.5) is 0 Å². The molecular weight excluding hydrogens is 240 g/mol. The number of rotatable bonds is 2. The highest BCUT2D eigenvalue weighted by molar-refractivity contribution is 5.88. The largest absolute Gasteiger partial charge is 0.349 e. The molecule has 4 rings (SSSR count). The Morgan fingerprint density at radius 3 is 1.42 bits per heavy atom. The van der Waals surface area contributed by atoms with Gasteiger partial charge in [0.1, 0.15) is 0 Å². The van der Waals surface area contributed by atoms with Crippen LogP contribution in [0.2, 0.25) is 0 Å². The van der Waals surface area contributed by atoms with E-state index >= 15 is 0 Å². The maximum atomic E-state index is 12.5. The molecule has 0 radical (unpaired) electrons. The molecule has 4 nitrogen and oxygen atoms in total. The highest BCUT2D eigenvalue weighted by atomic mass is 16.2. The molecule has 0 N–H and O–H groups in total. The van der Waals surface area contributed by atoms with Crippen molar-refractivity contribution < 1.29 is 9.59 Å². The summed E-state index contributed by atoms with van der Waals surface area (Å²) in [6.45, 7) is 0. The quantitative estimate of drug-likeness (QED) is 0.748. The van der Waals surface area contributed by atoms with Gasteiger partial charge in [-0.05, 0) is 42.9 Å². The fourth-order valence-electron chi connectivity index (χ4n) is 4.73. The zero-order chi connectivity index (χ0) is 13.9. The zero-order valence-electron chi connectivity index (χ0n) is 12.3. The van der Waals surface area contributed by atoms with Gasteiger partial charge in [-0.2, -0.15) is 0 Å². The van der Waals surface area contributed by atoms with Crippen molar-refractivity contribution in [2.75, 3.05) is 28.2 Å². The highest BCUT2D eigenvalue weighted by Crippen LogP contribution is 2.66. The van der Waals surface area contributed by atoms with Crippen LogP contribution in [-0.2, 0) is 9.59 Å². The van der Waals surface area contributed by atoms with Gasteiger partial charge in [0, 0.05) is 28.2 Å². The maximum Gasteiger partial charge on any atom is 0.226 e. The van der Waals surface area contributed by atoms with Crippen LogP contribution in [0.15, 0.2) is 0 Å². The van der Waals surface area contributed by atoms with E-state index < -0.39 is 0 Å². The molecule has 19 heavy (non-hydrogen) atoms. The molecule has 2 bridgehead atoms. The predicted molar refractivity (Wildman–Crippen MR) is 72.2 cm³/mol. The third-order valence-electron chi connectivity index (χ3n) is 5.59. The molecule has 0 heterocycles. The number of nitrogens with zero attached hydrogens (tertiary/aromatic N) is 2. The second-order valence-corrected chi connectivity index (χ2v) is 6.99. The van der Waals surface area contributed by atoms with Crippen LogP contribution < -0.4 is 0 Å². The van der Waals surface area contributed by atoms with E-state index in [9.17, 15) is 9.59 Å². The first-order valence-corrected chi connectivity index (χ1v) is 7.35. The van der Waals surface area contributed by atoms with Crippen molar-refractivity contribution in [2.45, 2.75) is 19.3 Å². The molecule has 0 unspecified atom stereocenters. The topological polar surface area (TPSA) is 40.6 Å². The van der Waals surface area contributed by atoms with Crippen molar-refractivity contribution in [3.63, 3.8) is 0 Å². The number of amides is 2. The number of hydrogen-bond acceptors (Lipinski definition) is 2. The van der Waals surface area contributed by atoms with Crippen LogP contribution >= 0.6 is 0 Å². The second kappa shape index (κ2) is 4.22. The lowest BCUT2D eigenvalue weighted by molar-refractivity contribution is -0.155. The third kappa shape index (κ3) is 1.79. The van der Waals surface area contributed by atoms with Gasteiger partial charge >= 0.3 is 0 Å². The van der Waals surface area contributed by atoms with Gasteiger partial charge in [-0.15, -0.1) is 0 Å². The lowest BCUT2D eigenvalue weighted by Gasteiger charge is -2.47. The molecule has 0 aromatic heterocycles. The fourth-order valence-corrected chi connectivity index (χ4v) is 4.73. The van der Waals surface area contributed by atoms with E-state index in [0.29, 0.717) is 11.8 Å². The van der Waals surface area contributed by atoms with Gasteiger partial charge in [0.2, 0.25) is 11.8 Å². The van der Waals surface area contributed by atoms with Crippen LogP contribution in [0.1, 0.15) is 19.3 Å². The molecule has 4 fully saturated rings. The lowest BCUT2D eigenvalue weighted by Crippen LogP contribution is -2.53. The smallest absolute Gasteiger partial charge is 0.226 e. The monoisotopic (exact) mass is 264 g/mol. The maximum absolute atomic E-state index is 12.5. The van der Waals surface area contributed by atoms with E-state index in [1.807, 2.05) is 28.2 Å². The van der Waals surface area contributed by atoms with E-state index in [1.54, 1.807) is 9.80 Å². The molecule has 106 valence electrons. The predicted octanol–water partition coefficient (Wildman–Crippen LogP) is 1.07. The SMILES string of the molecule is CN(C)C(=O)[C@H]1[C@@H]2CC[C@@H]([C@H]3C[C@@H]32)[C@@H]1C(=O)N(C)C. The van der Waals surface area contributed by atoms with Crippen molar-refractivity contribution in [3.05, 3.63) is 0 Å². The Kier molecular flexibility index (Phi) is 2.88. The summed E-state index contributed by atoms with van der Waals surface area (Å²) in [5.74, 6) is 2.59. The number of carbonyl (C=O) groups is 2. The summed E-state index contributed by atoms with van der Waals surface area (Å²) in [6.07, 6.45) is 3.55. The summed E-state index contributed by atoms with van der Waals surface area (Å²) in [7, 11) is 7.25. The first kappa shape index (κ1) is 12.9. The third-order valence-corrected chi connectivity index (χ3v) is 5.59. The average Bonchev–Trinajstić information content (AvgIpc) is 3.17. The molecule has 0 aromatic carbocycles. The summed E-state index contributed by atoms with van der Waals surface area (Å²) in [4.78, 5) is 28.4. The van der Waals surface area contributed by atoms with Crippen LogP contribution in [0.25, 0.3) is 0 Å². The highest BCUT2D eigenvalue weighted by Gasteiger charge is 2.64. The summed E-state index contributed by atoms with van der Waals surface area (Å²) >= 11 is 0. The van der Waals surface area contributed by atoms with Crippen LogP contribution in [0.3, 0.4) is 0 Å². The fraction of sp³-hybridized carbons (Fsp3) is 0.867. The lowest BCUT2D eigenvalue weighted by atomic mass is 9.58. The minimum absolute atomic E-state index is 0.0626. The normalized spacial score (nSPS) is 42.5. The van der Waals surface area contributed by atoms with Gasteiger partial charge in [-0.25, -0.2) is 0 Å². The molecule has 0 saturated heterocycles. The van der Waals surface area contributed by atoms with Gasteiger partial charge in [0.05, 0.1) is 11.8 Å². The minimum Gasteiger partial charge on any atom is -0.349 e. The van der Waals surface area contributed by atoms with E-state index in [4.69, 9.17) is 0 Å². The molecule has 4 aliphatic rings. The summed E-state index contributed by atoms with van der Waals surface area (Å²) in [5, 5.41) is 0. The second-order valence-electron chi connectivity index (χ2n) is 6.99. The zero-order valence-corrected chi connectivity index (χ0v) is 12.3. The van der Waals surface area contributed by atoms with Gasteiger partial charge in [-0.1, -0.05) is 0 Å². The van der Waals surface area contributed by atoms with Gasteiger partial charge in [0.15, 0.2) is 0 Å². The standard InChI is InChI=1S/C15H24N2O2/c1-16(2)14(18)12-8-5-6-9(11-7-10(8)11)13(12)15(19)17(3)4/h8-13H,5-7H2,1-4H3/t8-,9+,10-,11-,12+,13+/m1/s1. The molecule has 0 spiro atoms. The summed E-state index contributed by atoms with van der Waals surface area (Å²) < 4.78 is 0. The Morgan fingerprint density at radius 1 is 0.737 bits per heavy atom. The van der Waals surface area contributed by atoms with Crippen LogP contribution in [0.5, 0.6) is 0 Å². The van der Waals surface area contributed by atoms with E-state index in [2.05, 4.69) is 0 Å². The number of carbonyl (C=O) groups excluding carboxylic acids is 2. The average molecular weight is 264 g/mol. The summed E-state index contributed by atoms with van der Waals surface area (Å²) in [6, 6.07) is 0. The molecule has 0 aromatic rings. The number of hydrogen-bond donors (Lipinski definition) is 0. The molecule has 4 aliphatic carbocycles. The Labute approximate surface area is 115 Å². The molecule has 0 aliphatic heterocycles. The van der Waals surface area contributed by atoms with E-state index in [1.165, 1.54) is 6.42 Å². The first-order chi connectivity index (χ1) is 8.93. The molecule has 6 atom stereocenters. The first-order valence-electron chi connectivity index (χ1n) is 7.35. The van der Waals surface area contributed by atoms with Gasteiger partial charge in [-0.3, -0.25) is 9.59 Å². The Balaban J connectivity index is 1.93. The number of fused-ring (bicyclic) bond motifs is 2. The van der Waals surface area contributed by atoms with Crippen LogP contribution in [-0.4, -0.2) is 49.8 Å². The van der Waals surface area contributed by atoms with Crippen LogP contribution in [0, 0.1) is 35.5 Å². The van der Waals surface area contributed by atoms with E-state index in [-0.39, 0.29) is 23.7 Å². The Bertz CT molecular complexity index is 380. The van der Waals surface area contributed by atoms with Crippen molar-refractivity contribution in [1.82, 2.24) is 9.80 Å². The molecule has 4 heteroatoms. The van der Waals surface area contributed by atoms with Gasteiger partial charge < -0.3 is 9.80 Å². The van der Waals surface area contributed by atoms with Crippen molar-refractivity contribution in [2.24, 2.45) is 35.5 Å². The van der Waals surface area contributed by atoms with Crippen molar-refractivity contribution in [3.8, 4) is 0 Å². The van der Waals surface area contributed by atoms with Crippen molar-refractivity contribution in [1.29, 1.82) is 0 Å². The van der Waals surface area contributed by atoms with E-state index in [0.717, 1.165) is 24.7 Å². The molecule has 2 amide bonds. The Hall–Kier alpha value is -1.06. The van der Waals surface area contributed by atoms with Crippen molar-refractivity contribution >= 4 is 11.8 Å². The Morgan fingerprint density at radius 2 is 1.11 bits per heavy atom. The molecule has 4 saturated carbocycles. The minimum atomic E-state index is -0.0626. The molecular formula is C15H24N2O2. The summed E-state index contributed by atoms with van der Waals surface area (Å²) in [5.41, 5.74) is 0. The van der Waals surface area contributed by atoms with Gasteiger partial charge in [0.25, 0.3) is 0 Å².